The molecule has 5 heteroatoms. The van der Waals surface area contributed by atoms with E-state index >= 15 is 0 Å². The zero-order valence-electron chi connectivity index (χ0n) is 11.8. The molecule has 2 fully saturated rings. The number of nitrogens with one attached hydrogen (secondary N) is 1. The summed E-state index contributed by atoms with van der Waals surface area (Å²) in [5, 5.41) is 7.70. The molecule has 4 atom stereocenters. The van der Waals surface area contributed by atoms with Crippen LogP contribution in [-0.4, -0.2) is 22.8 Å². The van der Waals surface area contributed by atoms with E-state index in [2.05, 4.69) is 15.5 Å². The van der Waals surface area contributed by atoms with Gasteiger partial charge in [-0.2, -0.15) is 4.98 Å². The molecule has 1 aromatic heterocycles. The Morgan fingerprint density at radius 2 is 2.26 bits per heavy atom. The van der Waals surface area contributed by atoms with Crippen LogP contribution in [0.25, 0.3) is 0 Å². The number of hydrogen-bond donors (Lipinski definition) is 1. The second kappa shape index (κ2) is 5.59. The predicted molar refractivity (Wildman–Crippen MR) is 70.6 cm³/mol. The molecule has 0 bridgehead atoms. The van der Waals surface area contributed by atoms with E-state index < -0.39 is 0 Å². The van der Waals surface area contributed by atoms with E-state index in [1.54, 1.807) is 0 Å². The molecule has 0 radical (unpaired) electrons. The van der Waals surface area contributed by atoms with Gasteiger partial charge in [-0.15, -0.1) is 0 Å². The van der Waals surface area contributed by atoms with Crippen molar-refractivity contribution in [1.82, 2.24) is 15.5 Å². The second-order valence-corrected chi connectivity index (χ2v) is 5.69. The van der Waals surface area contributed by atoms with Gasteiger partial charge in [-0.3, -0.25) is 0 Å². The normalized spacial score (nSPS) is 32.2. The van der Waals surface area contributed by atoms with Gasteiger partial charge in [-0.1, -0.05) is 18.0 Å². The molecule has 1 saturated carbocycles. The van der Waals surface area contributed by atoms with Gasteiger partial charge in [0.15, 0.2) is 5.82 Å². The fourth-order valence-corrected chi connectivity index (χ4v) is 3.39. The third kappa shape index (κ3) is 2.67. The summed E-state index contributed by atoms with van der Waals surface area (Å²) in [6.07, 6.45) is 6.38. The van der Waals surface area contributed by atoms with Gasteiger partial charge in [0, 0.05) is 12.6 Å². The summed E-state index contributed by atoms with van der Waals surface area (Å²) >= 11 is 0. The molecule has 4 unspecified atom stereocenters. The molecular formula is C14H23N3O2. The van der Waals surface area contributed by atoms with Crippen LogP contribution in [0.3, 0.4) is 0 Å². The van der Waals surface area contributed by atoms with Crippen LogP contribution >= 0.6 is 0 Å². The van der Waals surface area contributed by atoms with E-state index in [4.69, 9.17) is 9.26 Å². The zero-order valence-corrected chi connectivity index (χ0v) is 11.8. The number of nitrogens with zero attached hydrogens (tertiary/aromatic N) is 2. The first kappa shape index (κ1) is 13.1. The second-order valence-electron chi connectivity index (χ2n) is 5.69. The van der Waals surface area contributed by atoms with E-state index in [9.17, 15) is 0 Å². The van der Waals surface area contributed by atoms with E-state index in [0.717, 1.165) is 18.2 Å². The fourth-order valence-electron chi connectivity index (χ4n) is 3.39. The topological polar surface area (TPSA) is 60.2 Å². The molecule has 19 heavy (non-hydrogen) atoms. The van der Waals surface area contributed by atoms with E-state index in [0.29, 0.717) is 18.5 Å². The maximum Gasteiger partial charge on any atom is 0.243 e. The highest BCUT2D eigenvalue weighted by atomic mass is 16.5. The molecule has 106 valence electrons. The summed E-state index contributed by atoms with van der Waals surface area (Å²) in [5.74, 6) is 2.18. The molecule has 1 aromatic rings. The smallest absolute Gasteiger partial charge is 0.243 e. The minimum atomic E-state index is -0.0915. The van der Waals surface area contributed by atoms with E-state index in [1.165, 1.54) is 25.7 Å². The molecule has 0 aromatic carbocycles. The summed E-state index contributed by atoms with van der Waals surface area (Å²) in [6, 6.07) is 0.890. The van der Waals surface area contributed by atoms with Crippen molar-refractivity contribution < 1.29 is 9.26 Å². The SMILES string of the molecule is CCOC(C)c1noc(C2CC3CCCCC3N2)n1. The highest BCUT2D eigenvalue weighted by Gasteiger charge is 2.38. The maximum atomic E-state index is 5.49. The summed E-state index contributed by atoms with van der Waals surface area (Å²) in [4.78, 5) is 4.50. The number of rotatable bonds is 4. The van der Waals surface area contributed by atoms with Crippen LogP contribution in [0.15, 0.2) is 4.52 Å². The lowest BCUT2D eigenvalue weighted by Crippen LogP contribution is -2.30. The Labute approximate surface area is 114 Å². The highest BCUT2D eigenvalue weighted by Crippen LogP contribution is 2.38. The van der Waals surface area contributed by atoms with Gasteiger partial charge in [0.25, 0.3) is 0 Å². The van der Waals surface area contributed by atoms with Crippen molar-refractivity contribution in [3.05, 3.63) is 11.7 Å². The summed E-state index contributed by atoms with van der Waals surface area (Å²) in [5.41, 5.74) is 0. The number of ether oxygens (including phenoxy) is 1. The van der Waals surface area contributed by atoms with Gasteiger partial charge in [0.2, 0.25) is 5.89 Å². The Bertz CT molecular complexity index is 407. The third-order valence-corrected chi connectivity index (χ3v) is 4.40. The van der Waals surface area contributed by atoms with Gasteiger partial charge in [0.1, 0.15) is 6.10 Å². The van der Waals surface area contributed by atoms with Gasteiger partial charge >= 0.3 is 0 Å². The van der Waals surface area contributed by atoms with Crippen molar-refractivity contribution in [2.24, 2.45) is 5.92 Å². The molecule has 0 spiro atoms. The monoisotopic (exact) mass is 265 g/mol. The fraction of sp³-hybridized carbons (Fsp3) is 0.857. The van der Waals surface area contributed by atoms with Gasteiger partial charge in [-0.05, 0) is 39.0 Å². The molecule has 1 saturated heterocycles. The van der Waals surface area contributed by atoms with Crippen LogP contribution in [0.4, 0.5) is 0 Å². The molecule has 5 nitrogen and oxygen atoms in total. The molecular weight excluding hydrogens is 242 g/mol. The quantitative estimate of drug-likeness (QED) is 0.907. The first-order valence-corrected chi connectivity index (χ1v) is 7.49. The third-order valence-electron chi connectivity index (χ3n) is 4.40. The average molecular weight is 265 g/mol. The van der Waals surface area contributed by atoms with Crippen LogP contribution < -0.4 is 5.32 Å². The average Bonchev–Trinajstić information content (AvgIpc) is 3.05. The van der Waals surface area contributed by atoms with E-state index in [-0.39, 0.29) is 12.1 Å². The van der Waals surface area contributed by atoms with Crippen molar-refractivity contribution in [3.63, 3.8) is 0 Å². The molecule has 1 aliphatic heterocycles. The van der Waals surface area contributed by atoms with Gasteiger partial charge < -0.3 is 14.6 Å². The summed E-state index contributed by atoms with van der Waals surface area (Å²) in [6.45, 7) is 4.59. The first-order valence-electron chi connectivity index (χ1n) is 7.49. The number of hydrogen-bond acceptors (Lipinski definition) is 5. The zero-order chi connectivity index (χ0) is 13.2. The van der Waals surface area contributed by atoms with Crippen molar-refractivity contribution >= 4 is 0 Å². The van der Waals surface area contributed by atoms with Crippen molar-refractivity contribution in [1.29, 1.82) is 0 Å². The number of fused-ring (bicyclic) bond motifs is 1. The Morgan fingerprint density at radius 3 is 3.05 bits per heavy atom. The predicted octanol–water partition coefficient (Wildman–Crippen LogP) is 2.76. The van der Waals surface area contributed by atoms with Crippen molar-refractivity contribution in [2.75, 3.05) is 6.61 Å². The first-order chi connectivity index (χ1) is 9.28. The Hall–Kier alpha value is -0.940. The van der Waals surface area contributed by atoms with Crippen LogP contribution in [0.5, 0.6) is 0 Å². The molecule has 1 N–H and O–H groups in total. The van der Waals surface area contributed by atoms with Crippen LogP contribution in [0.2, 0.25) is 0 Å². The minimum absolute atomic E-state index is 0.0915. The number of aromatic nitrogens is 2. The highest BCUT2D eigenvalue weighted by molar-refractivity contribution is 5.02. The van der Waals surface area contributed by atoms with Crippen LogP contribution in [0.1, 0.15) is 69.8 Å². The van der Waals surface area contributed by atoms with Crippen molar-refractivity contribution in [2.45, 2.75) is 64.1 Å². The van der Waals surface area contributed by atoms with Crippen molar-refractivity contribution in [3.8, 4) is 0 Å². The molecule has 2 aliphatic rings. The standard InChI is InChI=1S/C14H23N3O2/c1-3-18-9(2)13-16-14(19-17-13)12-8-10-6-4-5-7-11(10)15-12/h9-12,15H,3-8H2,1-2H3. The Morgan fingerprint density at radius 1 is 1.42 bits per heavy atom. The van der Waals surface area contributed by atoms with Crippen LogP contribution in [-0.2, 0) is 4.74 Å². The Balaban J connectivity index is 1.66. The minimum Gasteiger partial charge on any atom is -0.371 e. The lowest BCUT2D eigenvalue weighted by atomic mass is 9.85. The lowest BCUT2D eigenvalue weighted by Gasteiger charge is -2.24. The molecule has 1 aliphatic carbocycles. The van der Waals surface area contributed by atoms with Crippen LogP contribution in [0, 0.1) is 5.92 Å². The maximum absolute atomic E-state index is 5.49. The molecule has 0 amide bonds. The summed E-state index contributed by atoms with van der Waals surface area (Å²) in [7, 11) is 0. The summed E-state index contributed by atoms with van der Waals surface area (Å²) < 4.78 is 10.9. The Kier molecular flexibility index (Phi) is 3.84. The molecule has 3 rings (SSSR count). The molecule has 2 heterocycles. The largest absolute Gasteiger partial charge is 0.371 e. The van der Waals surface area contributed by atoms with E-state index in [1.807, 2.05) is 13.8 Å². The lowest BCUT2D eigenvalue weighted by molar-refractivity contribution is 0.0683. The van der Waals surface area contributed by atoms with Gasteiger partial charge in [0.05, 0.1) is 6.04 Å². The van der Waals surface area contributed by atoms with Gasteiger partial charge in [-0.25, -0.2) is 0 Å².